The van der Waals surface area contributed by atoms with E-state index in [1.54, 1.807) is 0 Å². The first-order chi connectivity index (χ1) is 15.9. The third kappa shape index (κ3) is 13.4. The lowest BCUT2D eigenvalue weighted by Crippen LogP contribution is -2.42. The molecule has 0 aliphatic carbocycles. The van der Waals surface area contributed by atoms with Crippen molar-refractivity contribution in [3.63, 3.8) is 0 Å². The summed E-state index contributed by atoms with van der Waals surface area (Å²) in [6, 6.07) is 2.83. The molecule has 0 rings (SSSR count). The van der Waals surface area contributed by atoms with Crippen molar-refractivity contribution in [2.24, 2.45) is 0 Å². The van der Waals surface area contributed by atoms with Crippen molar-refractivity contribution in [2.45, 2.75) is 155 Å². The Hall–Kier alpha value is -1.10. The number of carboxylic acids is 2. The first kappa shape index (κ1) is 31.9. The molecule has 0 spiro atoms. The summed E-state index contributed by atoms with van der Waals surface area (Å²) in [4.78, 5) is 25.1. The van der Waals surface area contributed by atoms with Gasteiger partial charge in [0, 0.05) is 10.8 Å². The molecule has 0 atom stereocenters. The summed E-state index contributed by atoms with van der Waals surface area (Å²) in [5, 5.41) is 21.0. The first-order valence-electron chi connectivity index (χ1n) is 14.1. The van der Waals surface area contributed by atoms with E-state index in [0.29, 0.717) is 11.6 Å². The van der Waals surface area contributed by atoms with Crippen LogP contribution in [0, 0.1) is 0 Å². The lowest BCUT2D eigenvalue weighted by atomic mass is 10.1. The molecule has 0 aliphatic heterocycles. The number of rotatable bonds is 23. The van der Waals surface area contributed by atoms with Crippen molar-refractivity contribution < 1.29 is 19.8 Å². The molecule has 0 aliphatic rings. The van der Waals surface area contributed by atoms with E-state index in [2.05, 4.69) is 27.7 Å². The molecule has 0 fully saturated rings. The Kier molecular flexibility index (Phi) is 19.6. The van der Waals surface area contributed by atoms with Crippen LogP contribution in [0.25, 0.3) is 0 Å². The highest BCUT2D eigenvalue weighted by molar-refractivity contribution is 6.90. The van der Waals surface area contributed by atoms with E-state index in [1.807, 2.05) is 0 Å². The van der Waals surface area contributed by atoms with E-state index < -0.39 is 20.0 Å². The predicted octanol–water partition coefficient (Wildman–Crippen LogP) is 9.15. The van der Waals surface area contributed by atoms with Gasteiger partial charge in [0.25, 0.3) is 0 Å². The third-order valence-electron chi connectivity index (χ3n) is 7.11. The van der Waals surface area contributed by atoms with Gasteiger partial charge in [-0.1, -0.05) is 142 Å². The molecule has 0 aromatic rings. The molecule has 0 amide bonds. The van der Waals surface area contributed by atoms with E-state index in [4.69, 9.17) is 0 Å². The van der Waals surface area contributed by atoms with Crippen molar-refractivity contribution in [1.29, 1.82) is 0 Å². The van der Waals surface area contributed by atoms with Gasteiger partial charge in [0.15, 0.2) is 0 Å². The second-order valence-corrected chi connectivity index (χ2v) is 14.5. The molecular formula is C28H54O4Si. The number of aliphatic carboxylic acids is 2. The highest BCUT2D eigenvalue weighted by Gasteiger charge is 2.42. The van der Waals surface area contributed by atoms with Crippen LogP contribution in [0.1, 0.15) is 137 Å². The monoisotopic (exact) mass is 482 g/mol. The van der Waals surface area contributed by atoms with Crippen molar-refractivity contribution in [1.82, 2.24) is 0 Å². The molecule has 2 N–H and O–H groups in total. The minimum atomic E-state index is -2.43. The van der Waals surface area contributed by atoms with Gasteiger partial charge in [-0.25, -0.2) is 9.59 Å². The number of unbranched alkanes of at least 4 members (excludes halogenated alkanes) is 12. The fraction of sp³-hybridized carbons (Fsp3) is 0.857. The maximum Gasteiger partial charge on any atom is 0.331 e. The molecule has 0 aromatic heterocycles. The normalized spacial score (nSPS) is 12.6. The lowest BCUT2D eigenvalue weighted by Gasteiger charge is -2.34. The molecular weight excluding hydrogens is 428 g/mol. The van der Waals surface area contributed by atoms with Crippen LogP contribution in [0.2, 0.25) is 18.1 Å². The van der Waals surface area contributed by atoms with Crippen LogP contribution < -0.4 is 0 Å². The Morgan fingerprint density at radius 1 is 0.515 bits per heavy atom. The number of carboxylic acid groups (broad SMARTS) is 2. The summed E-state index contributed by atoms with van der Waals surface area (Å²) in [7, 11) is -2.43. The molecule has 0 saturated carbocycles. The molecule has 0 bridgehead atoms. The second-order valence-electron chi connectivity index (χ2n) is 9.99. The largest absolute Gasteiger partial charge is 0.478 e. The average molecular weight is 483 g/mol. The SMILES string of the molecule is CCCCCCC(C(=O)O)=C(C(=O)O)[Si](CCCCCC)(CCCCCC)CCCCCC. The predicted molar refractivity (Wildman–Crippen MR) is 144 cm³/mol. The molecule has 0 aromatic carbocycles. The second kappa shape index (κ2) is 20.3. The Balaban J connectivity index is 6.21. The zero-order valence-corrected chi connectivity index (χ0v) is 23.4. The quantitative estimate of drug-likeness (QED) is 0.0864. The number of carbonyl (C=O) groups is 2. The summed E-state index contributed by atoms with van der Waals surface area (Å²) in [6.07, 6.45) is 17.8. The van der Waals surface area contributed by atoms with Gasteiger partial charge in [-0.3, -0.25) is 0 Å². The van der Waals surface area contributed by atoms with E-state index in [-0.39, 0.29) is 5.57 Å². The van der Waals surface area contributed by atoms with Crippen LogP contribution in [0.4, 0.5) is 0 Å². The molecule has 0 radical (unpaired) electrons. The van der Waals surface area contributed by atoms with Gasteiger partial charge < -0.3 is 10.2 Å². The van der Waals surface area contributed by atoms with Gasteiger partial charge in [0.05, 0.1) is 8.07 Å². The van der Waals surface area contributed by atoms with Crippen LogP contribution in [0.3, 0.4) is 0 Å². The van der Waals surface area contributed by atoms with Gasteiger partial charge in [-0.05, 0) is 12.8 Å². The van der Waals surface area contributed by atoms with Gasteiger partial charge in [0.2, 0.25) is 0 Å². The van der Waals surface area contributed by atoms with Crippen molar-refractivity contribution in [3.8, 4) is 0 Å². The van der Waals surface area contributed by atoms with Gasteiger partial charge in [-0.2, -0.15) is 0 Å². The minimum absolute atomic E-state index is 0.242. The Morgan fingerprint density at radius 3 is 1.18 bits per heavy atom. The van der Waals surface area contributed by atoms with Crippen molar-refractivity contribution in [3.05, 3.63) is 10.8 Å². The molecule has 5 heteroatoms. The standard InChI is InChI=1S/C28H54O4Si/c1-5-9-13-17-21-25(27(29)30)26(28(31)32)33(22-18-14-10-6-2,23-19-15-11-7-3)24-20-16-12-8-4/h5-24H2,1-4H3,(H,29,30)(H,31,32). The zero-order valence-electron chi connectivity index (χ0n) is 22.4. The summed E-state index contributed by atoms with van der Waals surface area (Å²) >= 11 is 0. The van der Waals surface area contributed by atoms with Crippen molar-refractivity contribution in [2.75, 3.05) is 0 Å². The maximum absolute atomic E-state index is 12.8. The summed E-state index contributed by atoms with van der Waals surface area (Å²) in [5.74, 6) is -1.92. The summed E-state index contributed by atoms with van der Waals surface area (Å²) in [6.45, 7) is 8.72. The molecule has 33 heavy (non-hydrogen) atoms. The van der Waals surface area contributed by atoms with Crippen LogP contribution in [0.15, 0.2) is 10.8 Å². The molecule has 0 heterocycles. The highest BCUT2D eigenvalue weighted by atomic mass is 28.3. The van der Waals surface area contributed by atoms with Gasteiger partial charge >= 0.3 is 11.9 Å². The van der Waals surface area contributed by atoms with Crippen LogP contribution in [0.5, 0.6) is 0 Å². The smallest absolute Gasteiger partial charge is 0.331 e. The van der Waals surface area contributed by atoms with Crippen molar-refractivity contribution >= 4 is 20.0 Å². The van der Waals surface area contributed by atoms with E-state index in [0.717, 1.165) is 102 Å². The molecule has 4 nitrogen and oxygen atoms in total. The Labute approximate surface area is 205 Å². The Morgan fingerprint density at radius 2 is 0.879 bits per heavy atom. The fourth-order valence-electron chi connectivity index (χ4n) is 5.16. The van der Waals surface area contributed by atoms with Crippen LogP contribution in [-0.2, 0) is 9.59 Å². The fourth-order valence-corrected chi connectivity index (χ4v) is 10.8. The average Bonchev–Trinajstić information content (AvgIpc) is 2.78. The van der Waals surface area contributed by atoms with E-state index in [9.17, 15) is 19.8 Å². The summed E-state index contributed by atoms with van der Waals surface area (Å²) < 4.78 is 0. The van der Waals surface area contributed by atoms with E-state index >= 15 is 0 Å². The van der Waals surface area contributed by atoms with E-state index in [1.165, 1.54) is 19.3 Å². The number of hydrogen-bond acceptors (Lipinski definition) is 2. The first-order valence-corrected chi connectivity index (χ1v) is 16.7. The topological polar surface area (TPSA) is 74.6 Å². The Bertz CT molecular complexity index is 525. The van der Waals surface area contributed by atoms with Gasteiger partial charge in [-0.15, -0.1) is 0 Å². The molecule has 0 saturated heterocycles. The molecule has 0 unspecified atom stereocenters. The lowest BCUT2D eigenvalue weighted by molar-refractivity contribution is -0.135. The minimum Gasteiger partial charge on any atom is -0.478 e. The zero-order chi connectivity index (χ0) is 25.0. The van der Waals surface area contributed by atoms with Crippen LogP contribution >= 0.6 is 0 Å². The highest BCUT2D eigenvalue weighted by Crippen LogP contribution is 2.38. The molecule has 194 valence electrons. The third-order valence-corrected chi connectivity index (χ3v) is 12.6. The van der Waals surface area contributed by atoms with Gasteiger partial charge in [0.1, 0.15) is 0 Å². The van der Waals surface area contributed by atoms with Crippen LogP contribution in [-0.4, -0.2) is 30.2 Å². The maximum atomic E-state index is 12.8. The number of hydrogen-bond donors (Lipinski definition) is 2. The summed E-state index contributed by atoms with van der Waals surface area (Å²) in [5.41, 5.74) is 0.242.